The molecule has 0 radical (unpaired) electrons. The van der Waals surface area contributed by atoms with Crippen molar-refractivity contribution in [2.75, 3.05) is 0 Å². The van der Waals surface area contributed by atoms with Crippen molar-refractivity contribution in [3.8, 4) is 0 Å². The van der Waals surface area contributed by atoms with Gasteiger partial charge in [0.25, 0.3) is 0 Å². The van der Waals surface area contributed by atoms with Gasteiger partial charge >= 0.3 is 0 Å². The summed E-state index contributed by atoms with van der Waals surface area (Å²) in [6, 6.07) is 2.58. The highest BCUT2D eigenvalue weighted by atomic mass is 14.9. The predicted molar refractivity (Wildman–Crippen MR) is 227 cm³/mol. The molecule has 0 aliphatic heterocycles. The zero-order valence-electron chi connectivity index (χ0n) is 35.2. The van der Waals surface area contributed by atoms with Crippen LogP contribution in [0.4, 0.5) is 0 Å². The number of nitrogens with zero attached hydrogens (tertiary/aromatic N) is 1. The summed E-state index contributed by atoms with van der Waals surface area (Å²) in [7, 11) is 0. The van der Waals surface area contributed by atoms with Crippen LogP contribution in [0.5, 0.6) is 0 Å². The first kappa shape index (κ1) is 47.2. The lowest BCUT2D eigenvalue weighted by molar-refractivity contribution is -0.698. The number of hydrogen-bond acceptors (Lipinski definition) is 0. The van der Waals surface area contributed by atoms with Crippen molar-refractivity contribution in [2.24, 2.45) is 0 Å². The largest absolute Gasteiger partial charge is 0.205 e. The van der Waals surface area contributed by atoms with Gasteiger partial charge in [0.05, 0.1) is 0 Å². The highest BCUT2D eigenvalue weighted by Crippen LogP contribution is 2.17. The molecular formula is C49H94N+. The topological polar surface area (TPSA) is 3.88 Å². The first-order chi connectivity index (χ1) is 24.8. The van der Waals surface area contributed by atoms with E-state index in [-0.39, 0.29) is 0 Å². The summed E-state index contributed by atoms with van der Waals surface area (Å²) in [6.45, 7) is 8.16. The maximum atomic E-state index is 2.59. The van der Waals surface area contributed by atoms with E-state index in [0.29, 0.717) is 0 Å². The van der Waals surface area contributed by atoms with Gasteiger partial charge in [-0.3, -0.25) is 0 Å². The highest BCUT2D eigenvalue weighted by molar-refractivity contribution is 5.15. The van der Waals surface area contributed by atoms with Gasteiger partial charge in [0, 0.05) is 17.5 Å². The molecule has 0 aliphatic rings. The summed E-state index contributed by atoms with van der Waals surface area (Å²) >= 11 is 0. The average molecular weight is 697 g/mol. The van der Waals surface area contributed by atoms with E-state index in [1.54, 1.807) is 11.1 Å². The average Bonchev–Trinajstić information content (AvgIpc) is 3.12. The Labute approximate surface area is 317 Å². The van der Waals surface area contributed by atoms with Crippen molar-refractivity contribution in [1.29, 1.82) is 0 Å². The second-order valence-corrected chi connectivity index (χ2v) is 16.7. The van der Waals surface area contributed by atoms with Crippen LogP contribution in [0.3, 0.4) is 0 Å². The maximum absolute atomic E-state index is 2.59. The fourth-order valence-corrected chi connectivity index (χ4v) is 8.01. The smallest absolute Gasteiger partial charge is 0.171 e. The van der Waals surface area contributed by atoms with Crippen LogP contribution in [0.1, 0.15) is 276 Å². The number of unbranched alkanes of at least 4 members (excludes halogenated alkanes) is 35. The second-order valence-electron chi connectivity index (χ2n) is 16.7. The fraction of sp³-hybridized carbons (Fsp3) is 0.898. The third kappa shape index (κ3) is 33.0. The summed E-state index contributed by atoms with van der Waals surface area (Å²) in [5, 5.41) is 0. The molecule has 0 spiro atoms. The van der Waals surface area contributed by atoms with Crippen LogP contribution in [0.15, 0.2) is 18.5 Å². The molecule has 1 heterocycles. The second kappa shape index (κ2) is 39.4. The van der Waals surface area contributed by atoms with Crippen LogP contribution in [-0.4, -0.2) is 0 Å². The van der Waals surface area contributed by atoms with Gasteiger partial charge in [-0.2, -0.15) is 0 Å². The van der Waals surface area contributed by atoms with E-state index >= 15 is 0 Å². The maximum Gasteiger partial charge on any atom is 0.171 e. The molecule has 50 heavy (non-hydrogen) atoms. The predicted octanol–water partition coefficient (Wildman–Crippen LogP) is 16.9. The zero-order chi connectivity index (χ0) is 35.8. The zero-order valence-corrected chi connectivity index (χ0v) is 35.2. The first-order valence-corrected chi connectivity index (χ1v) is 23.8. The molecule has 0 atom stereocenters. The Morgan fingerprint density at radius 3 is 0.760 bits per heavy atom. The summed E-state index contributed by atoms with van der Waals surface area (Å²) < 4.78 is 2.59. The Morgan fingerprint density at radius 2 is 0.500 bits per heavy atom. The summed E-state index contributed by atoms with van der Waals surface area (Å²) in [6.07, 6.45) is 62.3. The van der Waals surface area contributed by atoms with Crippen molar-refractivity contribution < 1.29 is 4.57 Å². The Balaban J connectivity index is 2.30. The molecule has 0 saturated carbocycles. The molecule has 294 valence electrons. The minimum Gasteiger partial charge on any atom is -0.205 e. The molecule has 0 bridgehead atoms. The quantitative estimate of drug-likeness (QED) is 0.0474. The van der Waals surface area contributed by atoms with Crippen molar-refractivity contribution in [3.05, 3.63) is 29.6 Å². The first-order valence-electron chi connectivity index (χ1n) is 23.8. The van der Waals surface area contributed by atoms with Gasteiger partial charge in [0.2, 0.25) is 0 Å². The number of aryl methyl sites for hydroxylation is 3. The fourth-order valence-electron chi connectivity index (χ4n) is 8.01. The molecule has 0 aromatic carbocycles. The van der Waals surface area contributed by atoms with Gasteiger partial charge in [-0.25, -0.2) is 4.57 Å². The normalized spacial score (nSPS) is 11.6. The van der Waals surface area contributed by atoms with Crippen LogP contribution >= 0.6 is 0 Å². The van der Waals surface area contributed by atoms with Gasteiger partial charge in [0.1, 0.15) is 6.54 Å². The van der Waals surface area contributed by atoms with Crippen LogP contribution in [0, 0.1) is 0 Å². The van der Waals surface area contributed by atoms with Crippen molar-refractivity contribution in [1.82, 2.24) is 0 Å². The molecule has 0 saturated heterocycles. The Hall–Kier alpha value is -0.850. The standard InChI is InChI=1S/C49H94N/c1-4-7-10-13-16-19-22-25-26-29-32-35-38-41-44-50-46-48(42-39-36-33-30-27-23-20-17-14-11-8-5-2)45-49(47-50)43-40-37-34-31-28-24-21-18-15-12-9-6-3/h45-47H,4-44H2,1-3H3/q+1. The molecule has 1 aromatic heterocycles. The van der Waals surface area contributed by atoms with Crippen LogP contribution < -0.4 is 4.57 Å². The van der Waals surface area contributed by atoms with E-state index < -0.39 is 0 Å². The van der Waals surface area contributed by atoms with Crippen molar-refractivity contribution in [2.45, 2.75) is 284 Å². The van der Waals surface area contributed by atoms with E-state index in [1.807, 2.05) is 0 Å². The Bertz CT molecular complexity index is 737. The van der Waals surface area contributed by atoms with Gasteiger partial charge in [0.15, 0.2) is 12.4 Å². The lowest BCUT2D eigenvalue weighted by Gasteiger charge is -2.08. The van der Waals surface area contributed by atoms with Crippen molar-refractivity contribution in [3.63, 3.8) is 0 Å². The third-order valence-electron chi connectivity index (χ3n) is 11.4. The molecule has 0 aliphatic carbocycles. The summed E-state index contributed by atoms with van der Waals surface area (Å²) in [5.41, 5.74) is 3.22. The molecular weight excluding hydrogens is 603 g/mol. The van der Waals surface area contributed by atoms with E-state index in [0.717, 1.165) is 0 Å². The van der Waals surface area contributed by atoms with Crippen molar-refractivity contribution >= 4 is 0 Å². The van der Waals surface area contributed by atoms with Gasteiger partial charge in [-0.15, -0.1) is 0 Å². The van der Waals surface area contributed by atoms with E-state index in [9.17, 15) is 0 Å². The highest BCUT2D eigenvalue weighted by Gasteiger charge is 2.09. The molecule has 0 fully saturated rings. The van der Waals surface area contributed by atoms with Crippen LogP contribution in [0.25, 0.3) is 0 Å². The molecule has 1 heteroatoms. The molecule has 1 aromatic rings. The summed E-state index contributed by atoms with van der Waals surface area (Å²) in [5.74, 6) is 0. The SMILES string of the molecule is CCCCCCCCCCCCCCCC[n+]1cc(CCCCCCCCCCCCCC)cc(CCCCCCCCCCCCCC)c1. The van der Waals surface area contributed by atoms with E-state index in [1.165, 1.54) is 263 Å². The van der Waals surface area contributed by atoms with Crippen LogP contribution in [0.2, 0.25) is 0 Å². The van der Waals surface area contributed by atoms with E-state index in [2.05, 4.69) is 43.8 Å². The Kier molecular flexibility index (Phi) is 37.1. The molecule has 1 nitrogen and oxygen atoms in total. The molecule has 0 amide bonds. The van der Waals surface area contributed by atoms with Crippen LogP contribution in [-0.2, 0) is 19.4 Å². The number of rotatable bonds is 41. The molecule has 1 rings (SSSR count). The Morgan fingerprint density at radius 1 is 0.280 bits per heavy atom. The van der Waals surface area contributed by atoms with Gasteiger partial charge < -0.3 is 0 Å². The van der Waals surface area contributed by atoms with Gasteiger partial charge in [-0.05, 0) is 38.2 Å². The summed E-state index contributed by atoms with van der Waals surface area (Å²) in [4.78, 5) is 0. The van der Waals surface area contributed by atoms with Gasteiger partial charge in [-0.1, -0.05) is 239 Å². The lowest BCUT2D eigenvalue weighted by atomic mass is 10.0. The number of aromatic nitrogens is 1. The molecule has 0 N–H and O–H groups in total. The number of pyridine rings is 1. The van der Waals surface area contributed by atoms with E-state index in [4.69, 9.17) is 0 Å². The minimum atomic E-state index is 1.22. The lowest BCUT2D eigenvalue weighted by Crippen LogP contribution is -2.34. The third-order valence-corrected chi connectivity index (χ3v) is 11.4. The minimum absolute atomic E-state index is 1.22. The molecule has 0 unspecified atom stereocenters. The number of hydrogen-bond donors (Lipinski definition) is 0. The monoisotopic (exact) mass is 697 g/mol.